The molecule has 1 unspecified atom stereocenters. The number of ether oxygens (including phenoxy) is 1. The maximum atomic E-state index is 12.9. The first-order valence-corrected chi connectivity index (χ1v) is 7.49. The van der Waals surface area contributed by atoms with E-state index in [0.29, 0.717) is 12.1 Å². The van der Waals surface area contributed by atoms with Gasteiger partial charge in [-0.25, -0.2) is 4.79 Å². The van der Waals surface area contributed by atoms with Crippen LogP contribution in [0.5, 0.6) is 0 Å². The van der Waals surface area contributed by atoms with Crippen molar-refractivity contribution in [3.05, 3.63) is 41.6 Å². The largest absolute Gasteiger partial charge is 0.479 e. The predicted molar refractivity (Wildman–Crippen MR) is 84.4 cm³/mol. The fourth-order valence-electron chi connectivity index (χ4n) is 2.91. The Morgan fingerprint density at radius 1 is 1.30 bits per heavy atom. The van der Waals surface area contributed by atoms with Gasteiger partial charge in [0, 0.05) is 17.6 Å². The van der Waals surface area contributed by atoms with Gasteiger partial charge in [-0.3, -0.25) is 9.78 Å². The molecule has 1 aromatic heterocycles. The Balaban J connectivity index is 1.98. The lowest BCUT2D eigenvalue weighted by molar-refractivity contribution is -0.160. The number of carbonyl (C=O) groups excluding carboxylic acids is 1. The summed E-state index contributed by atoms with van der Waals surface area (Å²) in [7, 11) is 0. The van der Waals surface area contributed by atoms with E-state index in [9.17, 15) is 9.59 Å². The summed E-state index contributed by atoms with van der Waals surface area (Å²) in [6.07, 6.45) is -1.31. The number of hydrogen-bond acceptors (Lipinski definition) is 4. The van der Waals surface area contributed by atoms with E-state index in [1.54, 1.807) is 17.9 Å². The van der Waals surface area contributed by atoms with E-state index in [1.807, 2.05) is 31.2 Å². The minimum atomic E-state index is -1.05. The van der Waals surface area contributed by atoms with Crippen molar-refractivity contribution in [2.75, 3.05) is 13.1 Å². The molecule has 0 bridgehead atoms. The first kappa shape index (κ1) is 15.4. The number of carbonyl (C=O) groups is 2. The fraction of sp³-hybridized carbons (Fsp3) is 0.353. The number of aromatic nitrogens is 1. The van der Waals surface area contributed by atoms with Gasteiger partial charge in [-0.1, -0.05) is 18.2 Å². The summed E-state index contributed by atoms with van der Waals surface area (Å²) in [5.41, 5.74) is 2.06. The first-order valence-electron chi connectivity index (χ1n) is 7.49. The summed E-state index contributed by atoms with van der Waals surface area (Å²) in [6, 6.07) is 9.20. The molecule has 1 N–H and O–H groups in total. The van der Waals surface area contributed by atoms with Crippen LogP contribution in [0.4, 0.5) is 0 Å². The average Bonchev–Trinajstić information content (AvgIpc) is 2.52. The molecule has 6 nitrogen and oxygen atoms in total. The lowest BCUT2D eigenvalue weighted by Crippen LogP contribution is -2.51. The van der Waals surface area contributed by atoms with Crippen molar-refractivity contribution in [1.82, 2.24) is 9.88 Å². The van der Waals surface area contributed by atoms with Crippen molar-refractivity contribution in [1.29, 1.82) is 0 Å². The molecule has 2 aromatic rings. The van der Waals surface area contributed by atoms with Gasteiger partial charge in [0.1, 0.15) is 0 Å². The number of aliphatic carboxylic acids is 1. The first-order chi connectivity index (χ1) is 11.0. The highest BCUT2D eigenvalue weighted by Gasteiger charge is 2.33. The number of amides is 1. The number of benzene rings is 1. The summed E-state index contributed by atoms with van der Waals surface area (Å²) in [4.78, 5) is 30.1. The molecule has 1 saturated heterocycles. The lowest BCUT2D eigenvalue weighted by atomic mass is 10.1. The third-order valence-electron chi connectivity index (χ3n) is 3.90. The summed E-state index contributed by atoms with van der Waals surface area (Å²) >= 11 is 0. The van der Waals surface area contributed by atoms with E-state index in [4.69, 9.17) is 9.84 Å². The molecule has 23 heavy (non-hydrogen) atoms. The Bertz CT molecular complexity index is 774. The van der Waals surface area contributed by atoms with Gasteiger partial charge < -0.3 is 14.7 Å². The van der Waals surface area contributed by atoms with Crippen molar-refractivity contribution in [3.63, 3.8) is 0 Å². The standard InChI is InChI=1S/C17H18N2O4/c1-10-7-13(12-5-3-4-6-14(12)18-10)16(20)19-8-11(2)23-15(9-19)17(21)22/h3-7,11,15H,8-9H2,1-2H3,(H,21,22)/t11-,15?/m1/s1. The fourth-order valence-corrected chi connectivity index (χ4v) is 2.91. The van der Waals surface area contributed by atoms with Gasteiger partial charge in [0.2, 0.25) is 0 Å². The van der Waals surface area contributed by atoms with Crippen LogP contribution < -0.4 is 0 Å². The minimum absolute atomic E-state index is 0.0498. The number of pyridine rings is 1. The number of para-hydroxylation sites is 1. The van der Waals surface area contributed by atoms with Crippen molar-refractivity contribution < 1.29 is 19.4 Å². The second-order valence-electron chi connectivity index (χ2n) is 5.81. The monoisotopic (exact) mass is 314 g/mol. The molecule has 1 aromatic carbocycles. The molecule has 6 heteroatoms. The third kappa shape index (κ3) is 3.03. The van der Waals surface area contributed by atoms with Crippen LogP contribution in [0, 0.1) is 6.92 Å². The van der Waals surface area contributed by atoms with Crippen molar-refractivity contribution in [2.24, 2.45) is 0 Å². The van der Waals surface area contributed by atoms with Crippen LogP contribution in [0.3, 0.4) is 0 Å². The van der Waals surface area contributed by atoms with Crippen molar-refractivity contribution in [2.45, 2.75) is 26.1 Å². The number of carboxylic acid groups (broad SMARTS) is 1. The summed E-state index contributed by atoms with van der Waals surface area (Å²) in [5, 5.41) is 9.94. The second-order valence-corrected chi connectivity index (χ2v) is 5.81. The highest BCUT2D eigenvalue weighted by molar-refractivity contribution is 6.06. The highest BCUT2D eigenvalue weighted by Crippen LogP contribution is 2.22. The number of rotatable bonds is 2. The molecule has 1 aliphatic heterocycles. The topological polar surface area (TPSA) is 79.7 Å². The number of carboxylic acids is 1. The van der Waals surface area contributed by atoms with Gasteiger partial charge in [0.05, 0.1) is 23.7 Å². The number of fused-ring (bicyclic) bond motifs is 1. The molecular weight excluding hydrogens is 296 g/mol. The molecule has 3 rings (SSSR count). The van der Waals surface area contributed by atoms with Crippen molar-refractivity contribution in [3.8, 4) is 0 Å². The van der Waals surface area contributed by atoms with Gasteiger partial charge in [-0.2, -0.15) is 0 Å². The molecule has 120 valence electrons. The molecule has 0 radical (unpaired) electrons. The lowest BCUT2D eigenvalue weighted by Gasteiger charge is -2.35. The Morgan fingerprint density at radius 3 is 2.78 bits per heavy atom. The van der Waals surface area contributed by atoms with Crippen LogP contribution in [0.1, 0.15) is 23.0 Å². The van der Waals surface area contributed by atoms with E-state index < -0.39 is 12.1 Å². The number of nitrogens with zero attached hydrogens (tertiary/aromatic N) is 2. The predicted octanol–water partition coefficient (Wildman–Crippen LogP) is 1.86. The van der Waals surface area contributed by atoms with Gasteiger partial charge >= 0.3 is 5.97 Å². The van der Waals surface area contributed by atoms with Crippen LogP contribution in [0.2, 0.25) is 0 Å². The third-order valence-corrected chi connectivity index (χ3v) is 3.90. The summed E-state index contributed by atoms with van der Waals surface area (Å²) in [6.45, 7) is 4.03. The zero-order chi connectivity index (χ0) is 16.6. The molecule has 1 fully saturated rings. The van der Waals surface area contributed by atoms with Crippen LogP contribution >= 0.6 is 0 Å². The van der Waals surface area contributed by atoms with Crippen LogP contribution in [0.25, 0.3) is 10.9 Å². The molecule has 2 heterocycles. The molecule has 2 atom stereocenters. The SMILES string of the molecule is Cc1cc(C(=O)N2CC(C(=O)O)O[C@H](C)C2)c2ccccc2n1. The van der Waals surface area contributed by atoms with E-state index in [2.05, 4.69) is 4.98 Å². The Kier molecular flexibility index (Phi) is 4.00. The molecule has 0 spiro atoms. The molecule has 0 aliphatic carbocycles. The van der Waals surface area contributed by atoms with Gasteiger partial charge in [0.25, 0.3) is 5.91 Å². The second kappa shape index (κ2) is 5.96. The maximum Gasteiger partial charge on any atom is 0.334 e. The average molecular weight is 314 g/mol. The highest BCUT2D eigenvalue weighted by atomic mass is 16.5. The number of hydrogen-bond donors (Lipinski definition) is 1. The molecular formula is C17H18N2O4. The van der Waals surface area contributed by atoms with E-state index in [-0.39, 0.29) is 18.6 Å². The smallest absolute Gasteiger partial charge is 0.334 e. The quantitative estimate of drug-likeness (QED) is 0.915. The maximum absolute atomic E-state index is 12.9. The van der Waals surface area contributed by atoms with Gasteiger partial charge in [-0.15, -0.1) is 0 Å². The summed E-state index contributed by atoms with van der Waals surface area (Å²) < 4.78 is 5.37. The molecule has 1 amide bonds. The van der Waals surface area contributed by atoms with Crippen LogP contribution in [-0.2, 0) is 9.53 Å². The number of aryl methyl sites for hydroxylation is 1. The van der Waals surface area contributed by atoms with Gasteiger partial charge in [-0.05, 0) is 26.0 Å². The Morgan fingerprint density at radius 2 is 2.04 bits per heavy atom. The van der Waals surface area contributed by atoms with Crippen molar-refractivity contribution >= 4 is 22.8 Å². The van der Waals surface area contributed by atoms with Crippen LogP contribution in [0.15, 0.2) is 30.3 Å². The normalized spacial score (nSPS) is 21.4. The minimum Gasteiger partial charge on any atom is -0.479 e. The summed E-state index contributed by atoms with van der Waals surface area (Å²) in [5.74, 6) is -1.24. The zero-order valence-electron chi connectivity index (χ0n) is 13.0. The zero-order valence-corrected chi connectivity index (χ0v) is 13.0. The van der Waals surface area contributed by atoms with E-state index in [0.717, 1.165) is 16.6 Å². The Labute approximate surface area is 133 Å². The van der Waals surface area contributed by atoms with Gasteiger partial charge in [0.15, 0.2) is 6.10 Å². The Hall–Kier alpha value is -2.47. The van der Waals surface area contributed by atoms with E-state index >= 15 is 0 Å². The van der Waals surface area contributed by atoms with Crippen LogP contribution in [-0.4, -0.2) is 52.2 Å². The number of morpholine rings is 1. The molecule has 0 saturated carbocycles. The van der Waals surface area contributed by atoms with E-state index in [1.165, 1.54) is 0 Å². The molecule has 1 aliphatic rings.